The molecule has 1 saturated heterocycles. The Labute approximate surface area is 212 Å². The van der Waals surface area contributed by atoms with E-state index in [-0.39, 0.29) is 11.9 Å². The summed E-state index contributed by atoms with van der Waals surface area (Å²) in [5.41, 5.74) is 4.10. The van der Waals surface area contributed by atoms with Crippen LogP contribution in [0.5, 0.6) is 0 Å². The number of benzene rings is 2. The summed E-state index contributed by atoms with van der Waals surface area (Å²) in [6.45, 7) is 6.41. The van der Waals surface area contributed by atoms with Crippen LogP contribution in [0, 0.1) is 6.92 Å². The zero-order chi connectivity index (χ0) is 24.6. The molecule has 36 heavy (non-hydrogen) atoms. The quantitative estimate of drug-likeness (QED) is 0.413. The van der Waals surface area contributed by atoms with Gasteiger partial charge in [0.15, 0.2) is 5.65 Å². The topological polar surface area (TPSA) is 66.6 Å². The SMILES string of the molecule is Cc1ccc2nc(N3CCN(C(=O)Cc4ccccc4)[C@@H](C)C3)n3c(C4CCCCC4)nnc3c2c1. The van der Waals surface area contributed by atoms with Crippen molar-refractivity contribution in [1.82, 2.24) is 24.5 Å². The van der Waals surface area contributed by atoms with E-state index in [4.69, 9.17) is 15.2 Å². The number of anilines is 1. The fourth-order valence-corrected chi connectivity index (χ4v) is 5.97. The first-order valence-corrected chi connectivity index (χ1v) is 13.3. The van der Waals surface area contributed by atoms with Crippen molar-refractivity contribution in [2.24, 2.45) is 0 Å². The van der Waals surface area contributed by atoms with Crippen LogP contribution in [0.2, 0.25) is 0 Å². The lowest BCUT2D eigenvalue weighted by atomic mass is 9.89. The Morgan fingerprint density at radius 1 is 1.00 bits per heavy atom. The van der Waals surface area contributed by atoms with Crippen molar-refractivity contribution < 1.29 is 4.79 Å². The van der Waals surface area contributed by atoms with E-state index >= 15 is 0 Å². The van der Waals surface area contributed by atoms with E-state index < -0.39 is 0 Å². The van der Waals surface area contributed by atoms with Crippen LogP contribution in [0.15, 0.2) is 48.5 Å². The second-order valence-corrected chi connectivity index (χ2v) is 10.5. The molecular weight excluding hydrogens is 448 g/mol. The molecule has 186 valence electrons. The number of nitrogens with zero attached hydrogens (tertiary/aromatic N) is 6. The van der Waals surface area contributed by atoms with Crippen molar-refractivity contribution in [3.05, 3.63) is 65.5 Å². The summed E-state index contributed by atoms with van der Waals surface area (Å²) in [5.74, 6) is 2.56. The Morgan fingerprint density at radius 3 is 2.58 bits per heavy atom. The van der Waals surface area contributed by atoms with Crippen molar-refractivity contribution in [2.75, 3.05) is 24.5 Å². The molecule has 7 nitrogen and oxygen atoms in total. The first-order chi connectivity index (χ1) is 17.6. The molecule has 2 aromatic heterocycles. The Morgan fingerprint density at radius 2 is 1.81 bits per heavy atom. The van der Waals surface area contributed by atoms with Crippen molar-refractivity contribution >= 4 is 28.4 Å². The van der Waals surface area contributed by atoms with Crippen molar-refractivity contribution in [2.45, 2.75) is 64.3 Å². The highest BCUT2D eigenvalue weighted by Crippen LogP contribution is 2.35. The van der Waals surface area contributed by atoms with Gasteiger partial charge >= 0.3 is 0 Å². The number of fused-ring (bicyclic) bond motifs is 3. The monoisotopic (exact) mass is 482 g/mol. The molecule has 2 fully saturated rings. The van der Waals surface area contributed by atoms with Crippen LogP contribution in [0.25, 0.3) is 16.6 Å². The molecule has 0 bridgehead atoms. The second-order valence-electron chi connectivity index (χ2n) is 10.5. The molecule has 0 spiro atoms. The van der Waals surface area contributed by atoms with E-state index in [1.54, 1.807) is 0 Å². The molecule has 7 heteroatoms. The number of hydrogen-bond acceptors (Lipinski definition) is 5. The van der Waals surface area contributed by atoms with E-state index in [2.05, 4.69) is 41.3 Å². The van der Waals surface area contributed by atoms with Gasteiger partial charge in [0.25, 0.3) is 0 Å². The lowest BCUT2D eigenvalue weighted by Gasteiger charge is -2.40. The summed E-state index contributed by atoms with van der Waals surface area (Å²) < 4.78 is 2.23. The normalized spacial score (nSPS) is 19.3. The molecule has 2 aromatic carbocycles. The van der Waals surface area contributed by atoms with Gasteiger partial charge in [0.2, 0.25) is 11.9 Å². The summed E-state index contributed by atoms with van der Waals surface area (Å²) in [6, 6.07) is 16.5. The van der Waals surface area contributed by atoms with Gasteiger partial charge in [0.1, 0.15) is 5.82 Å². The maximum Gasteiger partial charge on any atom is 0.227 e. The third-order valence-electron chi connectivity index (χ3n) is 7.90. The van der Waals surface area contributed by atoms with Crippen LogP contribution >= 0.6 is 0 Å². The van der Waals surface area contributed by atoms with Gasteiger partial charge in [0.05, 0.1) is 11.9 Å². The lowest BCUT2D eigenvalue weighted by molar-refractivity contribution is -0.132. The molecule has 4 aromatic rings. The highest BCUT2D eigenvalue weighted by atomic mass is 16.2. The average Bonchev–Trinajstić information content (AvgIpc) is 3.35. The van der Waals surface area contributed by atoms with Gasteiger partial charge in [-0.25, -0.2) is 9.38 Å². The number of amides is 1. The molecule has 6 rings (SSSR count). The smallest absolute Gasteiger partial charge is 0.227 e. The summed E-state index contributed by atoms with van der Waals surface area (Å²) in [5, 5.41) is 10.5. The molecule has 1 aliphatic carbocycles. The Balaban J connectivity index is 1.34. The minimum absolute atomic E-state index is 0.0927. The summed E-state index contributed by atoms with van der Waals surface area (Å²) in [7, 11) is 0. The second kappa shape index (κ2) is 9.52. The van der Waals surface area contributed by atoms with Gasteiger partial charge < -0.3 is 9.80 Å². The minimum atomic E-state index is 0.0927. The van der Waals surface area contributed by atoms with Crippen LogP contribution in [0.3, 0.4) is 0 Å². The van der Waals surface area contributed by atoms with Crippen LogP contribution in [0.4, 0.5) is 5.95 Å². The predicted molar refractivity (Wildman–Crippen MR) is 142 cm³/mol. The number of aromatic nitrogens is 4. The number of hydrogen-bond donors (Lipinski definition) is 0. The summed E-state index contributed by atoms with van der Waals surface area (Å²) >= 11 is 0. The number of carbonyl (C=O) groups excluding carboxylic acids is 1. The van der Waals surface area contributed by atoms with Crippen molar-refractivity contribution in [3.63, 3.8) is 0 Å². The van der Waals surface area contributed by atoms with Crippen LogP contribution in [-0.4, -0.2) is 56.1 Å². The highest BCUT2D eigenvalue weighted by molar-refractivity contribution is 5.93. The third-order valence-corrected chi connectivity index (χ3v) is 7.90. The average molecular weight is 483 g/mol. The van der Waals surface area contributed by atoms with Gasteiger partial charge in [-0.05, 0) is 44.4 Å². The molecule has 2 aliphatic rings. The van der Waals surface area contributed by atoms with Crippen molar-refractivity contribution in [1.29, 1.82) is 0 Å². The number of piperazine rings is 1. The first-order valence-electron chi connectivity index (χ1n) is 13.3. The number of rotatable bonds is 4. The first kappa shape index (κ1) is 23.0. The molecule has 3 heterocycles. The zero-order valence-corrected chi connectivity index (χ0v) is 21.2. The number of carbonyl (C=O) groups is 1. The maximum atomic E-state index is 13.1. The fourth-order valence-electron chi connectivity index (χ4n) is 5.97. The zero-order valence-electron chi connectivity index (χ0n) is 21.2. The largest absolute Gasteiger partial charge is 0.338 e. The van der Waals surface area contributed by atoms with Crippen LogP contribution in [0.1, 0.15) is 61.9 Å². The summed E-state index contributed by atoms with van der Waals surface area (Å²) in [6.07, 6.45) is 6.55. The maximum absolute atomic E-state index is 13.1. The van der Waals surface area contributed by atoms with Crippen LogP contribution < -0.4 is 4.90 Å². The molecule has 1 saturated carbocycles. The molecule has 0 unspecified atom stereocenters. The standard InChI is InChI=1S/C29H34N6O/c1-20-13-14-25-24(17-20)28-32-31-27(23-11-7-4-8-12-23)35(28)29(30-25)33-15-16-34(21(2)19-33)26(36)18-22-9-5-3-6-10-22/h3,5-6,9-10,13-14,17,21,23H,4,7-8,11-12,15-16,18-19H2,1-2H3/t21-/m0/s1. The molecular formula is C29H34N6O. The molecule has 1 aliphatic heterocycles. The highest BCUT2D eigenvalue weighted by Gasteiger charge is 2.31. The van der Waals surface area contributed by atoms with E-state index in [9.17, 15) is 4.79 Å². The van der Waals surface area contributed by atoms with E-state index in [0.717, 1.165) is 59.8 Å². The lowest BCUT2D eigenvalue weighted by Crippen LogP contribution is -2.55. The molecule has 1 atom stereocenters. The Kier molecular flexibility index (Phi) is 6.07. The summed E-state index contributed by atoms with van der Waals surface area (Å²) in [4.78, 5) is 22.7. The molecule has 0 N–H and O–H groups in total. The van der Waals surface area contributed by atoms with Gasteiger partial charge in [-0.1, -0.05) is 61.2 Å². The molecule has 0 radical (unpaired) electrons. The van der Waals surface area contributed by atoms with E-state index in [1.165, 1.54) is 24.8 Å². The fraction of sp³-hybridized carbons (Fsp3) is 0.448. The van der Waals surface area contributed by atoms with Crippen LogP contribution in [-0.2, 0) is 11.2 Å². The van der Waals surface area contributed by atoms with Gasteiger partial charge in [-0.2, -0.15) is 0 Å². The minimum Gasteiger partial charge on any atom is -0.338 e. The Hall–Kier alpha value is -3.48. The van der Waals surface area contributed by atoms with Crippen molar-refractivity contribution in [3.8, 4) is 0 Å². The molecule has 1 amide bonds. The number of aryl methyl sites for hydroxylation is 1. The Bertz CT molecular complexity index is 1390. The van der Waals surface area contributed by atoms with Gasteiger partial charge in [-0.15, -0.1) is 10.2 Å². The van der Waals surface area contributed by atoms with Gasteiger partial charge in [0, 0.05) is 37.0 Å². The predicted octanol–water partition coefficient (Wildman–Crippen LogP) is 4.91. The van der Waals surface area contributed by atoms with Gasteiger partial charge in [-0.3, -0.25) is 4.79 Å². The third kappa shape index (κ3) is 4.21. The van der Waals surface area contributed by atoms with E-state index in [1.807, 2.05) is 35.2 Å². The van der Waals surface area contributed by atoms with E-state index in [0.29, 0.717) is 18.9 Å².